The molecule has 0 spiro atoms. The van der Waals surface area contributed by atoms with Crippen LogP contribution < -0.4 is 15.8 Å². The third-order valence-electron chi connectivity index (χ3n) is 8.28. The number of carbonyl (C=O) groups excluding carboxylic acids is 1. The molecule has 11 nitrogen and oxygen atoms in total. The highest BCUT2D eigenvalue weighted by Gasteiger charge is 2.30. The Morgan fingerprint density at radius 2 is 1.95 bits per heavy atom. The molecule has 4 aromatic rings. The Morgan fingerprint density at radius 1 is 1.14 bits per heavy atom. The summed E-state index contributed by atoms with van der Waals surface area (Å²) in [5, 5.41) is 8.84. The summed E-state index contributed by atoms with van der Waals surface area (Å²) >= 11 is 0. The van der Waals surface area contributed by atoms with E-state index < -0.39 is 8.07 Å². The van der Waals surface area contributed by atoms with E-state index in [4.69, 9.17) is 14.8 Å². The van der Waals surface area contributed by atoms with Gasteiger partial charge in [0, 0.05) is 69.6 Å². The van der Waals surface area contributed by atoms with Crippen LogP contribution in [0.15, 0.2) is 41.6 Å². The zero-order valence-electron chi connectivity index (χ0n) is 25.1. The van der Waals surface area contributed by atoms with Gasteiger partial charge in [-0.05, 0) is 51.1 Å². The third kappa shape index (κ3) is 6.11. The van der Waals surface area contributed by atoms with Crippen LogP contribution >= 0.6 is 0 Å². The van der Waals surface area contributed by atoms with Gasteiger partial charge in [0.1, 0.15) is 12.5 Å². The number of likely N-dealkylation sites (N-methyl/N-ethyl adjacent to an activating group) is 1. The number of nitrogens with zero attached hydrogens (tertiary/aromatic N) is 7. The second-order valence-electron chi connectivity index (χ2n) is 12.9. The monoisotopic (exact) mass is 588 g/mol. The minimum Gasteiger partial charge on any atom is -0.367 e. The molecule has 1 atom stereocenters. The van der Waals surface area contributed by atoms with Gasteiger partial charge >= 0.3 is 0 Å². The summed E-state index contributed by atoms with van der Waals surface area (Å²) in [4.78, 5) is 40.0. The molecule has 1 aliphatic heterocycles. The fourth-order valence-corrected chi connectivity index (χ4v) is 5.96. The summed E-state index contributed by atoms with van der Waals surface area (Å²) in [6, 6.07) is 7.30. The Labute approximate surface area is 246 Å². The van der Waals surface area contributed by atoms with E-state index in [0.29, 0.717) is 46.3 Å². The van der Waals surface area contributed by atoms with Gasteiger partial charge in [-0.3, -0.25) is 14.2 Å². The van der Waals surface area contributed by atoms with Crippen molar-refractivity contribution in [2.24, 2.45) is 5.92 Å². The van der Waals surface area contributed by atoms with Crippen molar-refractivity contribution in [3.63, 3.8) is 0 Å². The fraction of sp³-hybridized carbons (Fsp3) is 0.500. The summed E-state index contributed by atoms with van der Waals surface area (Å²) in [5.74, 6) is 0.912. The summed E-state index contributed by atoms with van der Waals surface area (Å²) in [5.41, 5.74) is 2.29. The van der Waals surface area contributed by atoms with Crippen molar-refractivity contribution in [1.82, 2.24) is 29.0 Å². The van der Waals surface area contributed by atoms with E-state index >= 15 is 0 Å². The number of pyridine rings is 3. The van der Waals surface area contributed by atoms with Crippen molar-refractivity contribution in [3.8, 4) is 11.4 Å². The number of anilines is 2. The molecule has 0 radical (unpaired) electrons. The molecule has 2 aliphatic rings. The molecule has 6 rings (SSSR count). The number of fused-ring (bicyclic) bond motifs is 2. The highest BCUT2D eigenvalue weighted by molar-refractivity contribution is 6.76. The molecule has 5 heterocycles. The second kappa shape index (κ2) is 11.2. The smallest absolute Gasteiger partial charge is 0.261 e. The Morgan fingerprint density at radius 3 is 2.69 bits per heavy atom. The van der Waals surface area contributed by atoms with Gasteiger partial charge in [0.05, 0.1) is 17.3 Å². The molecule has 4 aromatic heterocycles. The molecular weight excluding hydrogens is 548 g/mol. The average Bonchev–Trinajstić information content (AvgIpc) is 3.72. The van der Waals surface area contributed by atoms with Crippen molar-refractivity contribution in [2.45, 2.75) is 58.2 Å². The number of piperazine rings is 1. The first kappa shape index (κ1) is 28.5. The van der Waals surface area contributed by atoms with Gasteiger partial charge in [-0.15, -0.1) is 5.10 Å². The van der Waals surface area contributed by atoms with Crippen molar-refractivity contribution in [3.05, 3.63) is 47.1 Å². The molecule has 222 valence electrons. The van der Waals surface area contributed by atoms with Gasteiger partial charge < -0.3 is 19.9 Å². The molecule has 1 N–H and O–H groups in total. The van der Waals surface area contributed by atoms with Crippen LogP contribution in [0.2, 0.25) is 25.7 Å². The van der Waals surface area contributed by atoms with Crippen LogP contribution in [0.5, 0.6) is 0 Å². The lowest BCUT2D eigenvalue weighted by Gasteiger charge is -2.38. The lowest BCUT2D eigenvalue weighted by molar-refractivity contribution is -0.117. The lowest BCUT2D eigenvalue weighted by Crippen LogP contribution is -2.50. The molecule has 0 unspecified atom stereocenters. The Balaban J connectivity index is 1.37. The number of carbonyl (C=O) groups is 1. The number of nitrogens with one attached hydrogen (secondary N) is 1. The Bertz CT molecular complexity index is 1690. The lowest BCUT2D eigenvalue weighted by atomic mass is 10.1. The molecule has 42 heavy (non-hydrogen) atoms. The molecule has 1 aliphatic carbocycles. The van der Waals surface area contributed by atoms with E-state index in [1.54, 1.807) is 21.3 Å². The van der Waals surface area contributed by atoms with E-state index in [9.17, 15) is 9.59 Å². The molecule has 0 aromatic carbocycles. The molecule has 12 heteroatoms. The van der Waals surface area contributed by atoms with Crippen LogP contribution in [-0.2, 0) is 16.3 Å². The number of hydrogen-bond donors (Lipinski definition) is 1. The van der Waals surface area contributed by atoms with Gasteiger partial charge in [0.25, 0.3) is 5.56 Å². The SMILES string of the molecule is C[C@@H]1CN(c2ccc3nc(-c4cn(COCC[Si](C)(C)C)c(=O)c5cnc(NC(=O)C6CC6)cc45)nn3c2)CCN1C. The maximum Gasteiger partial charge on any atom is 0.261 e. The second-order valence-corrected chi connectivity index (χ2v) is 18.6. The summed E-state index contributed by atoms with van der Waals surface area (Å²) in [7, 11) is 0.892. The predicted octanol–water partition coefficient (Wildman–Crippen LogP) is 3.91. The number of rotatable bonds is 9. The number of amides is 1. The summed E-state index contributed by atoms with van der Waals surface area (Å²) in [6.07, 6.45) is 7.11. The summed E-state index contributed by atoms with van der Waals surface area (Å²) < 4.78 is 9.32. The highest BCUT2D eigenvalue weighted by atomic mass is 28.3. The van der Waals surface area contributed by atoms with Crippen molar-refractivity contribution in [1.29, 1.82) is 0 Å². The molecular formula is C30H40N8O3Si. The molecule has 1 saturated heterocycles. The van der Waals surface area contributed by atoms with Crippen molar-refractivity contribution in [2.75, 3.05) is 43.5 Å². The molecule has 1 amide bonds. The van der Waals surface area contributed by atoms with Gasteiger partial charge in [0.2, 0.25) is 5.91 Å². The average molecular weight is 589 g/mol. The topological polar surface area (TPSA) is 110 Å². The number of hydrogen-bond acceptors (Lipinski definition) is 8. The van der Waals surface area contributed by atoms with E-state index in [0.717, 1.165) is 44.2 Å². The van der Waals surface area contributed by atoms with Crippen LogP contribution in [0, 0.1) is 5.92 Å². The predicted molar refractivity (Wildman–Crippen MR) is 168 cm³/mol. The molecule has 1 saturated carbocycles. The first-order valence-corrected chi connectivity index (χ1v) is 18.5. The van der Waals surface area contributed by atoms with Crippen molar-refractivity contribution < 1.29 is 9.53 Å². The third-order valence-corrected chi connectivity index (χ3v) is 9.98. The van der Waals surface area contributed by atoms with Crippen LogP contribution in [0.25, 0.3) is 27.8 Å². The summed E-state index contributed by atoms with van der Waals surface area (Å²) in [6.45, 7) is 12.8. The first-order valence-electron chi connectivity index (χ1n) is 14.8. The highest BCUT2D eigenvalue weighted by Crippen LogP contribution is 2.31. The maximum absolute atomic E-state index is 13.5. The fourth-order valence-electron chi connectivity index (χ4n) is 5.20. The molecule has 0 bridgehead atoms. The maximum atomic E-state index is 13.5. The van der Waals surface area contributed by atoms with Crippen LogP contribution in [0.3, 0.4) is 0 Å². The zero-order chi connectivity index (χ0) is 29.6. The van der Waals surface area contributed by atoms with E-state index in [-0.39, 0.29) is 24.1 Å². The Kier molecular flexibility index (Phi) is 7.62. The number of aromatic nitrogens is 5. The van der Waals surface area contributed by atoms with Crippen LogP contribution in [-0.4, -0.2) is 82.4 Å². The Hall–Kier alpha value is -3.61. The van der Waals surface area contributed by atoms with Gasteiger partial charge in [-0.1, -0.05) is 19.6 Å². The van der Waals surface area contributed by atoms with Gasteiger partial charge in [-0.2, -0.15) is 0 Å². The minimum atomic E-state index is -1.27. The number of ether oxygens (including phenoxy) is 1. The van der Waals surface area contributed by atoms with Crippen molar-refractivity contribution >= 4 is 41.9 Å². The normalized spacial score (nSPS) is 18.2. The quantitative estimate of drug-likeness (QED) is 0.232. The standard InChI is InChI=1S/C30H40N8O3Si/c1-20-16-36(11-10-35(20)2)22-8-9-27-33-28(34-38(27)17-22)25-18-37(19-41-12-13-42(3,4)5)30(40)24-15-31-26(14-23(24)25)32-29(39)21-6-7-21/h8-9,14-15,17-18,20-21H,6-7,10-13,16,19H2,1-5H3,(H,31,32,39)/t20-/m1/s1. The largest absolute Gasteiger partial charge is 0.367 e. The molecule has 2 fully saturated rings. The zero-order valence-corrected chi connectivity index (χ0v) is 26.1. The first-order chi connectivity index (χ1) is 20.1. The van der Waals surface area contributed by atoms with Crippen LogP contribution in [0.4, 0.5) is 11.5 Å². The minimum absolute atomic E-state index is 0.0378. The van der Waals surface area contributed by atoms with Gasteiger partial charge in [0.15, 0.2) is 11.5 Å². The van der Waals surface area contributed by atoms with E-state index in [1.165, 1.54) is 6.20 Å². The van der Waals surface area contributed by atoms with Gasteiger partial charge in [-0.25, -0.2) is 14.5 Å². The van der Waals surface area contributed by atoms with E-state index in [2.05, 4.69) is 59.8 Å². The van der Waals surface area contributed by atoms with E-state index in [1.807, 2.05) is 12.3 Å². The van der Waals surface area contributed by atoms with Crippen LogP contribution in [0.1, 0.15) is 19.8 Å².